The van der Waals surface area contributed by atoms with Crippen LogP contribution in [-0.4, -0.2) is 52.5 Å². The molecule has 2 saturated carbocycles. The van der Waals surface area contributed by atoms with Crippen molar-refractivity contribution in [3.63, 3.8) is 0 Å². The molecule has 0 bridgehead atoms. The number of hydrogen-bond acceptors (Lipinski definition) is 6. The van der Waals surface area contributed by atoms with E-state index < -0.39 is 0 Å². The molecule has 7 rings (SSSR count). The number of aromatic nitrogens is 3. The standard InChI is InChI=1S/C36H41Cl2N7O2/c1-20-4-7-25(8-5-20)42-36(47)28-12-30-32(14-31(28)45-18-23-10-24(23)19-45)44(3)33(43-30)13-27-29(37)9-6-21(34(27)38)16-41-35(46)22-11-26(39-2)17-40-15-22/h6,9,11-12,14-15,17,20,23-25,39H,4-5,7-8,10,13,16,18-19H2,1-3H3,(H,41,46)(H,42,47). The number of anilines is 2. The summed E-state index contributed by atoms with van der Waals surface area (Å²) in [4.78, 5) is 38.2. The lowest BCUT2D eigenvalue weighted by Gasteiger charge is -2.28. The van der Waals surface area contributed by atoms with E-state index in [9.17, 15) is 9.59 Å². The van der Waals surface area contributed by atoms with E-state index in [0.29, 0.717) is 27.6 Å². The first-order chi connectivity index (χ1) is 22.7. The maximum absolute atomic E-state index is 13.8. The number of pyridine rings is 1. The molecule has 3 aliphatic rings. The fourth-order valence-electron chi connectivity index (χ4n) is 7.22. The smallest absolute Gasteiger partial charge is 0.253 e. The quantitative estimate of drug-likeness (QED) is 0.185. The molecule has 0 spiro atoms. The molecule has 3 N–H and O–H groups in total. The summed E-state index contributed by atoms with van der Waals surface area (Å²) >= 11 is 13.6. The summed E-state index contributed by atoms with van der Waals surface area (Å²) < 4.78 is 2.07. The number of nitrogens with zero attached hydrogens (tertiary/aromatic N) is 4. The molecule has 47 heavy (non-hydrogen) atoms. The van der Waals surface area contributed by atoms with E-state index in [1.807, 2.05) is 19.2 Å². The van der Waals surface area contributed by atoms with Gasteiger partial charge >= 0.3 is 0 Å². The second kappa shape index (κ2) is 13.0. The van der Waals surface area contributed by atoms with Crippen molar-refractivity contribution in [3.05, 3.63) is 80.8 Å². The summed E-state index contributed by atoms with van der Waals surface area (Å²) in [6.07, 6.45) is 9.22. The van der Waals surface area contributed by atoms with Crippen LogP contribution in [-0.2, 0) is 20.0 Å². The highest BCUT2D eigenvalue weighted by molar-refractivity contribution is 6.36. The molecule has 4 aromatic rings. The first-order valence-electron chi connectivity index (χ1n) is 16.6. The largest absolute Gasteiger partial charge is 0.387 e. The van der Waals surface area contributed by atoms with Crippen molar-refractivity contribution in [2.24, 2.45) is 24.8 Å². The van der Waals surface area contributed by atoms with Crippen molar-refractivity contribution in [2.75, 3.05) is 30.4 Å². The molecule has 2 aliphatic carbocycles. The van der Waals surface area contributed by atoms with E-state index in [-0.39, 0.29) is 24.4 Å². The normalized spacial score (nSPS) is 21.9. The Morgan fingerprint density at radius 2 is 1.77 bits per heavy atom. The number of rotatable bonds is 9. The van der Waals surface area contributed by atoms with Crippen LogP contribution in [0.25, 0.3) is 11.0 Å². The molecule has 1 saturated heterocycles. The van der Waals surface area contributed by atoms with Crippen molar-refractivity contribution in [1.82, 2.24) is 25.2 Å². The third-order valence-electron chi connectivity index (χ3n) is 10.3. The van der Waals surface area contributed by atoms with Crippen LogP contribution in [0, 0.1) is 17.8 Å². The summed E-state index contributed by atoms with van der Waals surface area (Å²) in [5, 5.41) is 10.3. The van der Waals surface area contributed by atoms with Crippen LogP contribution in [0.3, 0.4) is 0 Å². The first-order valence-corrected chi connectivity index (χ1v) is 17.4. The predicted molar refractivity (Wildman–Crippen MR) is 188 cm³/mol. The maximum atomic E-state index is 13.8. The molecule has 2 aromatic carbocycles. The number of fused-ring (bicyclic) bond motifs is 2. The number of nitrogens with one attached hydrogen (secondary N) is 3. The summed E-state index contributed by atoms with van der Waals surface area (Å²) in [7, 11) is 3.78. The van der Waals surface area contributed by atoms with Crippen LogP contribution in [0.2, 0.25) is 10.0 Å². The van der Waals surface area contributed by atoms with E-state index in [1.54, 1.807) is 25.4 Å². The number of imidazole rings is 1. The van der Waals surface area contributed by atoms with Crippen molar-refractivity contribution in [2.45, 2.75) is 58.0 Å². The summed E-state index contributed by atoms with van der Waals surface area (Å²) in [6.45, 7) is 4.51. The highest BCUT2D eigenvalue weighted by atomic mass is 35.5. The average molecular weight is 675 g/mol. The van der Waals surface area contributed by atoms with Gasteiger partial charge in [-0.2, -0.15) is 0 Å². The Bertz CT molecular complexity index is 1840. The number of hydrogen-bond donors (Lipinski definition) is 3. The minimum Gasteiger partial charge on any atom is -0.387 e. The lowest BCUT2D eigenvalue weighted by atomic mass is 9.87. The monoisotopic (exact) mass is 673 g/mol. The van der Waals surface area contributed by atoms with Gasteiger partial charge in [0.05, 0.1) is 38.6 Å². The topological polar surface area (TPSA) is 104 Å². The number of aryl methyl sites for hydroxylation is 1. The van der Waals surface area contributed by atoms with E-state index in [4.69, 9.17) is 28.2 Å². The van der Waals surface area contributed by atoms with Crippen molar-refractivity contribution >= 4 is 57.4 Å². The van der Waals surface area contributed by atoms with Crippen LogP contribution < -0.4 is 20.9 Å². The van der Waals surface area contributed by atoms with Gasteiger partial charge in [0.1, 0.15) is 5.82 Å². The Kier molecular flexibility index (Phi) is 8.78. The number of carbonyl (C=O) groups is 2. The van der Waals surface area contributed by atoms with Gasteiger partial charge in [-0.15, -0.1) is 0 Å². The van der Waals surface area contributed by atoms with E-state index in [0.717, 1.165) is 95.9 Å². The van der Waals surface area contributed by atoms with Gasteiger partial charge in [0, 0.05) is 63.6 Å². The van der Waals surface area contributed by atoms with Gasteiger partial charge in [0.2, 0.25) is 0 Å². The minimum atomic E-state index is -0.249. The van der Waals surface area contributed by atoms with E-state index in [2.05, 4.69) is 43.4 Å². The molecule has 2 unspecified atom stereocenters. The Morgan fingerprint density at radius 1 is 1.00 bits per heavy atom. The molecule has 3 heterocycles. The predicted octanol–water partition coefficient (Wildman–Crippen LogP) is 6.60. The lowest BCUT2D eigenvalue weighted by Crippen LogP contribution is -2.38. The van der Waals surface area contributed by atoms with Gasteiger partial charge in [-0.05, 0) is 85.3 Å². The molecule has 246 valence electrons. The van der Waals surface area contributed by atoms with Gasteiger partial charge in [0.25, 0.3) is 11.8 Å². The zero-order valence-corrected chi connectivity index (χ0v) is 28.6. The SMILES string of the molecule is CNc1cncc(C(=O)NCc2ccc(Cl)c(Cc3nc4cc(C(=O)NC5CCC(C)CC5)c(N5CC6CC6C5)cc4n3C)c2Cl)c1. The Balaban J connectivity index is 1.15. The van der Waals surface area contributed by atoms with E-state index in [1.165, 1.54) is 12.6 Å². The molecule has 2 atom stereocenters. The number of benzene rings is 2. The molecule has 1 aliphatic heterocycles. The highest BCUT2D eigenvalue weighted by Crippen LogP contribution is 2.47. The number of carbonyl (C=O) groups excluding carboxylic acids is 2. The molecule has 3 fully saturated rings. The Labute approximate surface area is 285 Å². The second-order valence-corrected chi connectivity index (χ2v) is 14.4. The van der Waals surface area contributed by atoms with Gasteiger partial charge in [-0.25, -0.2) is 4.98 Å². The minimum absolute atomic E-state index is 0.0106. The molecule has 11 heteroatoms. The van der Waals surface area contributed by atoms with Crippen LogP contribution in [0.4, 0.5) is 11.4 Å². The fraction of sp³-hybridized carbons (Fsp3) is 0.444. The van der Waals surface area contributed by atoms with Gasteiger partial charge in [0.15, 0.2) is 0 Å². The zero-order chi connectivity index (χ0) is 32.8. The Hall–Kier alpha value is -3.82. The summed E-state index contributed by atoms with van der Waals surface area (Å²) in [5.74, 6) is 2.72. The second-order valence-electron chi connectivity index (χ2n) is 13.6. The molecular weight excluding hydrogens is 633 g/mol. The molecule has 9 nitrogen and oxygen atoms in total. The molecule has 2 amide bonds. The average Bonchev–Trinajstić information content (AvgIpc) is 3.56. The van der Waals surface area contributed by atoms with Crippen LogP contribution >= 0.6 is 23.2 Å². The third-order valence-corrected chi connectivity index (χ3v) is 11.2. The maximum Gasteiger partial charge on any atom is 0.253 e. The molecule has 0 radical (unpaired) electrons. The lowest BCUT2D eigenvalue weighted by molar-refractivity contribution is 0.0921. The number of piperidine rings is 1. The van der Waals surface area contributed by atoms with Crippen molar-refractivity contribution < 1.29 is 9.59 Å². The summed E-state index contributed by atoms with van der Waals surface area (Å²) in [6, 6.07) is 9.70. The molecular formula is C36H41Cl2N7O2. The number of amides is 2. The Morgan fingerprint density at radius 3 is 2.51 bits per heavy atom. The summed E-state index contributed by atoms with van der Waals surface area (Å²) in [5.41, 5.74) is 6.12. The van der Waals surface area contributed by atoms with Crippen LogP contribution in [0.1, 0.15) is 76.7 Å². The fourth-order valence-corrected chi connectivity index (χ4v) is 7.79. The number of halogens is 2. The molecule has 2 aromatic heterocycles. The van der Waals surface area contributed by atoms with Gasteiger partial charge < -0.3 is 25.4 Å². The van der Waals surface area contributed by atoms with Crippen molar-refractivity contribution in [1.29, 1.82) is 0 Å². The first kappa shape index (κ1) is 31.8. The van der Waals surface area contributed by atoms with Gasteiger partial charge in [-0.1, -0.05) is 36.2 Å². The van der Waals surface area contributed by atoms with Crippen LogP contribution in [0.15, 0.2) is 42.7 Å². The van der Waals surface area contributed by atoms with E-state index >= 15 is 0 Å². The zero-order valence-electron chi connectivity index (χ0n) is 27.1. The van der Waals surface area contributed by atoms with Crippen LogP contribution in [0.5, 0.6) is 0 Å². The van der Waals surface area contributed by atoms with Crippen molar-refractivity contribution in [3.8, 4) is 0 Å². The highest BCUT2D eigenvalue weighted by Gasteiger charge is 2.46. The van der Waals surface area contributed by atoms with Gasteiger partial charge in [-0.3, -0.25) is 14.6 Å². The third kappa shape index (κ3) is 6.52.